The lowest BCUT2D eigenvalue weighted by Gasteiger charge is -2.26. The van der Waals surface area contributed by atoms with E-state index in [0.29, 0.717) is 5.92 Å². The molecule has 17 heavy (non-hydrogen) atoms. The van der Waals surface area contributed by atoms with Crippen molar-refractivity contribution >= 4 is 0 Å². The molecule has 2 rings (SSSR count). The summed E-state index contributed by atoms with van der Waals surface area (Å²) in [6, 6.07) is 0.830. The van der Waals surface area contributed by atoms with E-state index in [4.69, 9.17) is 4.74 Å². The van der Waals surface area contributed by atoms with Gasteiger partial charge in [0.2, 0.25) is 0 Å². The third kappa shape index (κ3) is 5.39. The van der Waals surface area contributed by atoms with Crippen LogP contribution in [0.2, 0.25) is 0 Å². The summed E-state index contributed by atoms with van der Waals surface area (Å²) in [6.45, 7) is 7.74. The topological polar surface area (TPSA) is 21.3 Å². The van der Waals surface area contributed by atoms with E-state index in [0.717, 1.165) is 37.6 Å². The Morgan fingerprint density at radius 1 is 1.24 bits per heavy atom. The molecule has 3 unspecified atom stereocenters. The zero-order valence-corrected chi connectivity index (χ0v) is 11.6. The molecule has 0 aromatic rings. The molecule has 0 amide bonds. The maximum atomic E-state index is 5.90. The molecule has 2 nitrogen and oxygen atoms in total. The maximum Gasteiger partial charge on any atom is 0.0503 e. The summed E-state index contributed by atoms with van der Waals surface area (Å²) in [4.78, 5) is 0. The van der Waals surface area contributed by atoms with Crippen molar-refractivity contribution in [3.63, 3.8) is 0 Å². The van der Waals surface area contributed by atoms with Crippen molar-refractivity contribution < 1.29 is 4.74 Å². The highest BCUT2D eigenvalue weighted by Gasteiger charge is 2.21. The van der Waals surface area contributed by atoms with Gasteiger partial charge in [-0.25, -0.2) is 0 Å². The number of rotatable bonds is 7. The molecule has 0 radical (unpaired) electrons. The molecule has 2 aliphatic rings. The van der Waals surface area contributed by atoms with Gasteiger partial charge in [0, 0.05) is 19.2 Å². The molecule has 0 heterocycles. The van der Waals surface area contributed by atoms with Gasteiger partial charge in [-0.3, -0.25) is 0 Å². The summed E-state index contributed by atoms with van der Waals surface area (Å²) < 4.78 is 5.90. The molecule has 2 heteroatoms. The van der Waals surface area contributed by atoms with Crippen molar-refractivity contribution in [1.82, 2.24) is 5.32 Å². The van der Waals surface area contributed by atoms with Crippen LogP contribution in [0.3, 0.4) is 0 Å². The Morgan fingerprint density at radius 2 is 2.06 bits per heavy atom. The van der Waals surface area contributed by atoms with E-state index < -0.39 is 0 Å². The van der Waals surface area contributed by atoms with Crippen LogP contribution >= 0.6 is 0 Å². The summed E-state index contributed by atoms with van der Waals surface area (Å²) >= 11 is 0. The second-order valence-corrected chi connectivity index (χ2v) is 6.46. The lowest BCUT2D eigenvalue weighted by atomic mass is 9.83. The molecule has 2 aliphatic carbocycles. The minimum atomic E-state index is 0.664. The van der Waals surface area contributed by atoms with Crippen LogP contribution < -0.4 is 5.32 Å². The first-order valence-corrected chi connectivity index (χ1v) is 7.55. The average Bonchev–Trinajstić information content (AvgIpc) is 3.10. The van der Waals surface area contributed by atoms with E-state index in [1.807, 2.05) is 0 Å². The summed E-state index contributed by atoms with van der Waals surface area (Å²) in [6.07, 6.45) is 8.38. The normalized spacial score (nSPS) is 31.4. The molecule has 100 valence electrons. The van der Waals surface area contributed by atoms with Gasteiger partial charge in [0.1, 0.15) is 0 Å². The van der Waals surface area contributed by atoms with Crippen LogP contribution in [0, 0.1) is 17.8 Å². The van der Waals surface area contributed by atoms with Crippen LogP contribution in [0.15, 0.2) is 0 Å². The first kappa shape index (κ1) is 13.4. The highest BCUT2D eigenvalue weighted by atomic mass is 16.5. The summed E-state index contributed by atoms with van der Waals surface area (Å²) in [5.41, 5.74) is 0. The molecule has 0 saturated heterocycles. The predicted octanol–water partition coefficient (Wildman–Crippen LogP) is 3.22. The maximum absolute atomic E-state index is 5.90. The molecule has 0 bridgehead atoms. The van der Waals surface area contributed by atoms with E-state index in [-0.39, 0.29) is 0 Å². The van der Waals surface area contributed by atoms with Gasteiger partial charge in [-0.1, -0.05) is 26.7 Å². The molecule has 1 N–H and O–H groups in total. The Balaban J connectivity index is 1.49. The van der Waals surface area contributed by atoms with Gasteiger partial charge in [-0.15, -0.1) is 0 Å². The number of ether oxygens (including phenoxy) is 1. The van der Waals surface area contributed by atoms with Crippen LogP contribution in [0.1, 0.15) is 52.4 Å². The van der Waals surface area contributed by atoms with E-state index in [1.54, 1.807) is 0 Å². The van der Waals surface area contributed by atoms with E-state index in [9.17, 15) is 0 Å². The first-order valence-electron chi connectivity index (χ1n) is 7.55. The van der Waals surface area contributed by atoms with Crippen molar-refractivity contribution in [3.8, 4) is 0 Å². The van der Waals surface area contributed by atoms with Crippen molar-refractivity contribution in [3.05, 3.63) is 0 Å². The highest BCUT2D eigenvalue weighted by molar-refractivity contribution is 4.81. The molecule has 0 aromatic heterocycles. The highest BCUT2D eigenvalue weighted by Crippen LogP contribution is 2.28. The summed E-state index contributed by atoms with van der Waals surface area (Å²) in [7, 11) is 0. The van der Waals surface area contributed by atoms with Crippen LogP contribution in [0.25, 0.3) is 0 Å². The van der Waals surface area contributed by atoms with Gasteiger partial charge in [0.25, 0.3) is 0 Å². The fourth-order valence-electron chi connectivity index (χ4n) is 2.86. The van der Waals surface area contributed by atoms with E-state index in [1.165, 1.54) is 38.5 Å². The van der Waals surface area contributed by atoms with E-state index in [2.05, 4.69) is 19.2 Å². The fourth-order valence-corrected chi connectivity index (χ4v) is 2.86. The van der Waals surface area contributed by atoms with E-state index >= 15 is 0 Å². The summed E-state index contributed by atoms with van der Waals surface area (Å²) in [5, 5.41) is 3.57. The Kier molecular flexibility index (Phi) is 5.30. The molecule has 0 aromatic carbocycles. The first-order chi connectivity index (χ1) is 8.24. The van der Waals surface area contributed by atoms with Crippen LogP contribution in [-0.4, -0.2) is 25.8 Å². The molecular weight excluding hydrogens is 210 g/mol. The zero-order chi connectivity index (χ0) is 12.1. The number of nitrogens with one attached hydrogen (secondary N) is 1. The predicted molar refractivity (Wildman–Crippen MR) is 72.1 cm³/mol. The smallest absolute Gasteiger partial charge is 0.0503 e. The number of hydrogen-bond donors (Lipinski definition) is 1. The second-order valence-electron chi connectivity index (χ2n) is 6.46. The van der Waals surface area contributed by atoms with Crippen LogP contribution in [0.5, 0.6) is 0 Å². The number of hydrogen-bond acceptors (Lipinski definition) is 2. The molecule has 0 aliphatic heterocycles. The van der Waals surface area contributed by atoms with Gasteiger partial charge in [-0.2, -0.15) is 0 Å². The lowest BCUT2D eigenvalue weighted by molar-refractivity contribution is 0.0570. The van der Waals surface area contributed by atoms with Gasteiger partial charge >= 0.3 is 0 Å². The minimum Gasteiger partial charge on any atom is -0.381 e. The van der Waals surface area contributed by atoms with Gasteiger partial charge in [0.05, 0.1) is 6.61 Å². The largest absolute Gasteiger partial charge is 0.381 e. The third-order valence-electron chi connectivity index (χ3n) is 4.13. The molecule has 2 fully saturated rings. The molecule has 0 spiro atoms. The van der Waals surface area contributed by atoms with Crippen LogP contribution in [0.4, 0.5) is 0 Å². The Labute approximate surface area is 107 Å². The van der Waals surface area contributed by atoms with Gasteiger partial charge in [-0.05, 0) is 43.4 Å². The molecule has 3 atom stereocenters. The second kappa shape index (κ2) is 6.75. The average molecular weight is 239 g/mol. The third-order valence-corrected chi connectivity index (χ3v) is 4.13. The quantitative estimate of drug-likeness (QED) is 0.736. The van der Waals surface area contributed by atoms with Crippen molar-refractivity contribution in [2.75, 3.05) is 19.8 Å². The lowest BCUT2D eigenvalue weighted by Crippen LogP contribution is -2.27. The standard InChI is InChI=1S/C15H29NO/c1-12-4-3-5-14(8-12)11-17-10-13(2)9-16-15-6-7-15/h12-16H,3-11H2,1-2H3. The van der Waals surface area contributed by atoms with Gasteiger partial charge < -0.3 is 10.1 Å². The van der Waals surface area contributed by atoms with Gasteiger partial charge in [0.15, 0.2) is 0 Å². The van der Waals surface area contributed by atoms with Crippen molar-refractivity contribution in [1.29, 1.82) is 0 Å². The minimum absolute atomic E-state index is 0.664. The Bertz CT molecular complexity index is 215. The summed E-state index contributed by atoms with van der Waals surface area (Å²) in [5.74, 6) is 2.42. The van der Waals surface area contributed by atoms with Crippen molar-refractivity contribution in [2.45, 2.75) is 58.4 Å². The molecular formula is C15H29NO. The zero-order valence-electron chi connectivity index (χ0n) is 11.6. The Hall–Kier alpha value is -0.0800. The molecule has 2 saturated carbocycles. The van der Waals surface area contributed by atoms with Crippen LogP contribution in [-0.2, 0) is 4.74 Å². The monoisotopic (exact) mass is 239 g/mol. The fraction of sp³-hybridized carbons (Fsp3) is 1.00. The SMILES string of the molecule is CC(CNC1CC1)COCC1CCCC(C)C1. The Morgan fingerprint density at radius 3 is 2.76 bits per heavy atom. The van der Waals surface area contributed by atoms with Crippen molar-refractivity contribution in [2.24, 2.45) is 17.8 Å².